The summed E-state index contributed by atoms with van der Waals surface area (Å²) in [6.45, 7) is 7.86. The van der Waals surface area contributed by atoms with E-state index < -0.39 is 17.6 Å². The minimum absolute atomic E-state index is 0.0587. The van der Waals surface area contributed by atoms with Gasteiger partial charge in [-0.25, -0.2) is 9.29 Å². The lowest BCUT2D eigenvalue weighted by Gasteiger charge is -2.16. The van der Waals surface area contributed by atoms with E-state index in [0.29, 0.717) is 5.56 Å². The van der Waals surface area contributed by atoms with Crippen LogP contribution >= 0.6 is 0 Å². The molecule has 5 heteroatoms. The van der Waals surface area contributed by atoms with E-state index in [1.54, 1.807) is 6.07 Å². The average molecular weight is 414 g/mol. The molecule has 0 aromatic heterocycles. The number of benzene rings is 3. The average Bonchev–Trinajstić information content (AvgIpc) is 2.98. The summed E-state index contributed by atoms with van der Waals surface area (Å²) < 4.78 is 14.5. The van der Waals surface area contributed by atoms with Crippen LogP contribution in [-0.4, -0.2) is 11.8 Å². The first-order valence-corrected chi connectivity index (χ1v) is 10.1. The van der Waals surface area contributed by atoms with Crippen LogP contribution in [0.1, 0.15) is 27.8 Å². The Morgan fingerprint density at radius 2 is 1.52 bits per heavy atom. The zero-order valence-electron chi connectivity index (χ0n) is 17.9. The highest BCUT2D eigenvalue weighted by Crippen LogP contribution is 2.36. The summed E-state index contributed by atoms with van der Waals surface area (Å²) in [6, 6.07) is 17.1. The summed E-state index contributed by atoms with van der Waals surface area (Å²) in [4.78, 5) is 27.8. The monoisotopic (exact) mass is 414 g/mol. The van der Waals surface area contributed by atoms with E-state index >= 15 is 0 Å². The summed E-state index contributed by atoms with van der Waals surface area (Å²) in [5, 5.41) is 3.18. The molecule has 0 aliphatic carbocycles. The molecule has 31 heavy (non-hydrogen) atoms. The van der Waals surface area contributed by atoms with Gasteiger partial charge in [0, 0.05) is 5.69 Å². The van der Waals surface area contributed by atoms with Crippen molar-refractivity contribution in [2.45, 2.75) is 27.7 Å². The van der Waals surface area contributed by atoms with Gasteiger partial charge < -0.3 is 5.32 Å². The Balaban J connectivity index is 1.89. The number of hydrogen-bond acceptors (Lipinski definition) is 3. The zero-order chi connectivity index (χ0) is 22.3. The number of para-hydroxylation sites is 1. The van der Waals surface area contributed by atoms with Gasteiger partial charge in [-0.05, 0) is 73.7 Å². The van der Waals surface area contributed by atoms with Crippen molar-refractivity contribution < 1.29 is 14.0 Å². The van der Waals surface area contributed by atoms with E-state index in [4.69, 9.17) is 0 Å². The summed E-state index contributed by atoms with van der Waals surface area (Å²) in [5.41, 5.74) is 5.77. The highest BCUT2D eigenvalue weighted by atomic mass is 19.1. The van der Waals surface area contributed by atoms with E-state index in [9.17, 15) is 14.0 Å². The predicted octanol–water partition coefficient (Wildman–Crippen LogP) is 5.46. The van der Waals surface area contributed by atoms with Gasteiger partial charge in [0.05, 0.1) is 11.3 Å². The molecule has 0 saturated heterocycles. The maximum atomic E-state index is 14.5. The van der Waals surface area contributed by atoms with Gasteiger partial charge in [-0.15, -0.1) is 0 Å². The van der Waals surface area contributed by atoms with Gasteiger partial charge in [0.25, 0.3) is 11.8 Å². The van der Waals surface area contributed by atoms with E-state index in [1.165, 1.54) is 18.2 Å². The van der Waals surface area contributed by atoms with Crippen molar-refractivity contribution in [3.05, 3.63) is 100.0 Å². The van der Waals surface area contributed by atoms with Crippen molar-refractivity contribution in [1.82, 2.24) is 0 Å². The molecule has 156 valence electrons. The van der Waals surface area contributed by atoms with Gasteiger partial charge >= 0.3 is 0 Å². The molecule has 3 aromatic rings. The third kappa shape index (κ3) is 3.52. The van der Waals surface area contributed by atoms with Crippen LogP contribution in [0.2, 0.25) is 0 Å². The van der Waals surface area contributed by atoms with Crippen LogP contribution in [0.4, 0.5) is 15.8 Å². The molecule has 2 amide bonds. The Labute approximate surface area is 181 Å². The molecule has 0 saturated carbocycles. The van der Waals surface area contributed by atoms with Crippen molar-refractivity contribution in [3.63, 3.8) is 0 Å². The Bertz CT molecular complexity index is 1260. The van der Waals surface area contributed by atoms with Gasteiger partial charge in [0.1, 0.15) is 11.5 Å². The fraction of sp³-hybridized carbons (Fsp3) is 0.154. The Kier molecular flexibility index (Phi) is 5.19. The van der Waals surface area contributed by atoms with Crippen LogP contribution in [0, 0.1) is 33.5 Å². The molecule has 0 bridgehead atoms. The number of nitrogens with one attached hydrogen (secondary N) is 1. The topological polar surface area (TPSA) is 49.4 Å². The first kappa shape index (κ1) is 20.5. The highest BCUT2D eigenvalue weighted by Gasteiger charge is 2.41. The summed E-state index contributed by atoms with van der Waals surface area (Å²) in [5.74, 6) is -1.76. The van der Waals surface area contributed by atoms with Crippen molar-refractivity contribution >= 4 is 28.8 Å². The smallest absolute Gasteiger partial charge is 0.282 e. The third-order valence-electron chi connectivity index (χ3n) is 5.84. The lowest BCUT2D eigenvalue weighted by atomic mass is 9.99. The number of aryl methyl sites for hydroxylation is 3. The molecule has 1 aliphatic rings. The quantitative estimate of drug-likeness (QED) is 0.577. The SMILES string of the molecule is Cc1ccc(C2=C(Nc3cccc(C)c3C)C(=O)N(c3ccccc3F)C2=O)cc1C. The molecule has 0 spiro atoms. The number of carbonyl (C=O) groups is 2. The van der Waals surface area contributed by atoms with Gasteiger partial charge in [-0.3, -0.25) is 9.59 Å². The first-order valence-electron chi connectivity index (χ1n) is 10.1. The maximum Gasteiger partial charge on any atom is 0.282 e. The second-order valence-electron chi connectivity index (χ2n) is 7.82. The molecule has 1 aliphatic heterocycles. The maximum absolute atomic E-state index is 14.5. The Morgan fingerprint density at radius 1 is 0.774 bits per heavy atom. The van der Waals surface area contributed by atoms with Crippen molar-refractivity contribution in [1.29, 1.82) is 0 Å². The van der Waals surface area contributed by atoms with E-state index in [-0.39, 0.29) is 17.0 Å². The molecule has 4 rings (SSSR count). The lowest BCUT2D eigenvalue weighted by molar-refractivity contribution is -0.120. The molecule has 4 nitrogen and oxygen atoms in total. The summed E-state index contributed by atoms with van der Waals surface area (Å²) >= 11 is 0. The van der Waals surface area contributed by atoms with Crippen LogP contribution in [-0.2, 0) is 9.59 Å². The third-order valence-corrected chi connectivity index (χ3v) is 5.84. The fourth-order valence-electron chi connectivity index (χ4n) is 3.68. The van der Waals surface area contributed by atoms with Gasteiger partial charge in [-0.2, -0.15) is 0 Å². The predicted molar refractivity (Wildman–Crippen MR) is 121 cm³/mol. The molecular weight excluding hydrogens is 391 g/mol. The zero-order valence-corrected chi connectivity index (χ0v) is 17.9. The van der Waals surface area contributed by atoms with Crippen LogP contribution < -0.4 is 10.2 Å². The lowest BCUT2D eigenvalue weighted by Crippen LogP contribution is -2.33. The van der Waals surface area contributed by atoms with Gasteiger partial charge in [0.2, 0.25) is 0 Å². The number of carbonyl (C=O) groups excluding carboxylic acids is 2. The fourth-order valence-corrected chi connectivity index (χ4v) is 3.68. The molecule has 3 aromatic carbocycles. The van der Waals surface area contributed by atoms with E-state index in [0.717, 1.165) is 32.8 Å². The Hall–Kier alpha value is -3.73. The number of halogens is 1. The first-order chi connectivity index (χ1) is 14.8. The largest absolute Gasteiger partial charge is 0.350 e. The van der Waals surface area contributed by atoms with Crippen molar-refractivity contribution in [2.75, 3.05) is 10.2 Å². The number of imide groups is 1. The standard InChI is InChI=1S/C26H23FN2O2/c1-15-12-13-19(14-17(15)3)23-24(28-21-10-7-8-16(2)18(21)4)26(31)29(25(23)30)22-11-6-5-9-20(22)27/h5-14,28H,1-4H3. The number of anilines is 2. The van der Waals surface area contributed by atoms with Gasteiger partial charge in [-0.1, -0.05) is 42.5 Å². The summed E-state index contributed by atoms with van der Waals surface area (Å²) in [6.07, 6.45) is 0. The van der Waals surface area contributed by atoms with E-state index in [1.807, 2.05) is 64.1 Å². The summed E-state index contributed by atoms with van der Waals surface area (Å²) in [7, 11) is 0. The molecule has 0 unspecified atom stereocenters. The van der Waals surface area contributed by atoms with Crippen LogP contribution in [0.25, 0.3) is 5.57 Å². The molecule has 1 heterocycles. The van der Waals surface area contributed by atoms with Gasteiger partial charge in [0.15, 0.2) is 0 Å². The number of amides is 2. The number of nitrogens with zero attached hydrogens (tertiary/aromatic N) is 1. The minimum Gasteiger partial charge on any atom is -0.350 e. The normalized spacial score (nSPS) is 13.9. The second-order valence-corrected chi connectivity index (χ2v) is 7.82. The van der Waals surface area contributed by atoms with E-state index in [2.05, 4.69) is 5.32 Å². The molecule has 0 fully saturated rings. The Morgan fingerprint density at radius 3 is 2.23 bits per heavy atom. The molecular formula is C26H23FN2O2. The minimum atomic E-state index is -0.628. The highest BCUT2D eigenvalue weighted by molar-refractivity contribution is 6.46. The number of hydrogen-bond donors (Lipinski definition) is 1. The van der Waals surface area contributed by atoms with Crippen molar-refractivity contribution in [2.24, 2.45) is 0 Å². The second kappa shape index (κ2) is 7.84. The van der Waals surface area contributed by atoms with Crippen molar-refractivity contribution in [3.8, 4) is 0 Å². The molecule has 0 atom stereocenters. The van der Waals surface area contributed by atoms with Crippen LogP contribution in [0.3, 0.4) is 0 Å². The number of rotatable bonds is 4. The molecule has 1 N–H and O–H groups in total. The van der Waals surface area contributed by atoms with Crippen LogP contribution in [0.15, 0.2) is 66.4 Å². The van der Waals surface area contributed by atoms with Crippen LogP contribution in [0.5, 0.6) is 0 Å². The molecule has 0 radical (unpaired) electrons.